The highest BCUT2D eigenvalue weighted by molar-refractivity contribution is 5.80. The molecule has 0 fully saturated rings. The monoisotopic (exact) mass is 844 g/mol. The summed E-state index contributed by atoms with van der Waals surface area (Å²) in [6, 6.07) is 83.2. The maximum Gasteiger partial charge on any atom is 0.164 e. The van der Waals surface area contributed by atoms with Gasteiger partial charge in [-0.05, 0) is 68.8 Å². The third-order valence-electron chi connectivity index (χ3n) is 11.6. The molecule has 6 heteroatoms. The van der Waals surface area contributed by atoms with Crippen LogP contribution in [-0.4, -0.2) is 29.9 Å². The van der Waals surface area contributed by atoms with E-state index in [1.807, 2.05) is 97.1 Å². The van der Waals surface area contributed by atoms with Gasteiger partial charge in [0.1, 0.15) is 0 Å². The van der Waals surface area contributed by atoms with Crippen LogP contribution in [0, 0.1) is 0 Å². The maximum absolute atomic E-state index is 5.07. The first-order valence-electron chi connectivity index (χ1n) is 21.9. The molecule has 0 amide bonds. The lowest BCUT2D eigenvalue weighted by molar-refractivity contribution is 1.07. The number of benzene rings is 9. The van der Waals surface area contributed by atoms with Crippen molar-refractivity contribution in [2.24, 2.45) is 0 Å². The van der Waals surface area contributed by atoms with E-state index in [2.05, 4.69) is 146 Å². The van der Waals surface area contributed by atoms with Crippen LogP contribution in [-0.2, 0) is 0 Å². The van der Waals surface area contributed by atoms with E-state index in [0.717, 1.165) is 77.9 Å². The highest BCUT2D eigenvalue weighted by Crippen LogP contribution is 2.34. The van der Waals surface area contributed by atoms with Gasteiger partial charge in [0.2, 0.25) is 0 Å². The van der Waals surface area contributed by atoms with E-state index in [4.69, 9.17) is 29.9 Å². The standard InChI is InChI=1S/C60H40N6/c1-5-17-41(18-6-1)42-33-35-46(36-34-42)58-62-57(45-23-11-4-12-24-45)65-60(66-58)54-32-16-30-52(40-54)50-28-14-26-48(38-50)47-25-13-27-49(37-47)51-29-15-31-53(39-51)59-63-55(43-19-7-2-8-20-43)61-56(64-59)44-21-9-3-10-22-44/h1-40H. The van der Waals surface area contributed by atoms with Crippen molar-refractivity contribution in [1.29, 1.82) is 0 Å². The van der Waals surface area contributed by atoms with Crippen LogP contribution < -0.4 is 0 Å². The summed E-state index contributed by atoms with van der Waals surface area (Å²) < 4.78 is 0. The normalized spacial score (nSPS) is 11.0. The quantitative estimate of drug-likeness (QED) is 0.136. The van der Waals surface area contributed by atoms with Crippen LogP contribution in [0.3, 0.4) is 0 Å². The van der Waals surface area contributed by atoms with E-state index >= 15 is 0 Å². The molecule has 0 spiro atoms. The average Bonchev–Trinajstić information content (AvgIpc) is 3.42. The Kier molecular flexibility index (Phi) is 10.9. The Labute approximate surface area is 383 Å². The molecule has 310 valence electrons. The summed E-state index contributed by atoms with van der Waals surface area (Å²) in [6.45, 7) is 0. The van der Waals surface area contributed by atoms with Crippen LogP contribution in [0.1, 0.15) is 0 Å². The zero-order valence-corrected chi connectivity index (χ0v) is 35.8. The molecule has 0 aliphatic carbocycles. The van der Waals surface area contributed by atoms with Gasteiger partial charge in [0.15, 0.2) is 34.9 Å². The average molecular weight is 845 g/mol. The second kappa shape index (κ2) is 18.0. The van der Waals surface area contributed by atoms with Crippen LogP contribution in [0.25, 0.3) is 113 Å². The van der Waals surface area contributed by atoms with Gasteiger partial charge in [-0.2, -0.15) is 0 Å². The van der Waals surface area contributed by atoms with E-state index in [9.17, 15) is 0 Å². The van der Waals surface area contributed by atoms with Crippen LogP contribution in [0.4, 0.5) is 0 Å². The van der Waals surface area contributed by atoms with Crippen molar-refractivity contribution < 1.29 is 0 Å². The van der Waals surface area contributed by atoms with Crippen molar-refractivity contribution in [2.45, 2.75) is 0 Å². The molecular weight excluding hydrogens is 805 g/mol. The van der Waals surface area contributed by atoms with E-state index < -0.39 is 0 Å². The van der Waals surface area contributed by atoms with E-state index in [-0.39, 0.29) is 0 Å². The van der Waals surface area contributed by atoms with Gasteiger partial charge in [-0.25, -0.2) is 29.9 Å². The molecule has 11 aromatic rings. The van der Waals surface area contributed by atoms with Gasteiger partial charge in [0.05, 0.1) is 0 Å². The van der Waals surface area contributed by atoms with Crippen LogP contribution in [0.5, 0.6) is 0 Å². The number of rotatable bonds is 10. The largest absolute Gasteiger partial charge is 0.208 e. The number of hydrogen-bond acceptors (Lipinski definition) is 6. The minimum Gasteiger partial charge on any atom is -0.208 e. The molecule has 6 nitrogen and oxygen atoms in total. The third kappa shape index (κ3) is 8.54. The number of hydrogen-bond donors (Lipinski definition) is 0. The minimum atomic E-state index is 0.615. The van der Waals surface area contributed by atoms with E-state index in [1.54, 1.807) is 0 Å². The molecule has 2 aromatic heterocycles. The first-order valence-corrected chi connectivity index (χ1v) is 21.9. The fraction of sp³-hybridized carbons (Fsp3) is 0. The van der Waals surface area contributed by atoms with Gasteiger partial charge in [-0.15, -0.1) is 0 Å². The number of nitrogens with zero attached hydrogens (tertiary/aromatic N) is 6. The van der Waals surface area contributed by atoms with Crippen molar-refractivity contribution >= 4 is 0 Å². The van der Waals surface area contributed by atoms with E-state index in [0.29, 0.717) is 34.9 Å². The molecule has 0 atom stereocenters. The summed E-state index contributed by atoms with van der Waals surface area (Å²) in [7, 11) is 0. The fourth-order valence-corrected chi connectivity index (χ4v) is 8.16. The summed E-state index contributed by atoms with van der Waals surface area (Å²) in [5.74, 6) is 3.76. The second-order valence-corrected chi connectivity index (χ2v) is 16.0. The zero-order chi connectivity index (χ0) is 44.1. The van der Waals surface area contributed by atoms with Crippen molar-refractivity contribution in [3.05, 3.63) is 243 Å². The molecule has 66 heavy (non-hydrogen) atoms. The molecule has 0 bridgehead atoms. The number of aromatic nitrogens is 6. The highest BCUT2D eigenvalue weighted by Gasteiger charge is 2.16. The molecule has 0 N–H and O–H groups in total. The Morgan fingerprint density at radius 2 is 0.318 bits per heavy atom. The zero-order valence-electron chi connectivity index (χ0n) is 35.8. The van der Waals surface area contributed by atoms with Crippen molar-refractivity contribution in [1.82, 2.24) is 29.9 Å². The maximum atomic E-state index is 5.07. The first-order chi connectivity index (χ1) is 32.7. The summed E-state index contributed by atoms with van der Waals surface area (Å²) in [5.41, 5.74) is 14.4. The van der Waals surface area contributed by atoms with Crippen LogP contribution in [0.2, 0.25) is 0 Å². The molecule has 0 unspecified atom stereocenters. The molecule has 11 rings (SSSR count). The molecule has 0 aliphatic heterocycles. The third-order valence-corrected chi connectivity index (χ3v) is 11.6. The molecule has 9 aromatic carbocycles. The molecule has 0 aliphatic rings. The Morgan fingerprint density at radius 3 is 0.621 bits per heavy atom. The van der Waals surface area contributed by atoms with Gasteiger partial charge in [0.25, 0.3) is 0 Å². The minimum absolute atomic E-state index is 0.615. The predicted molar refractivity (Wildman–Crippen MR) is 268 cm³/mol. The summed E-state index contributed by atoms with van der Waals surface area (Å²) in [6.07, 6.45) is 0. The smallest absolute Gasteiger partial charge is 0.164 e. The Morgan fingerprint density at radius 1 is 0.136 bits per heavy atom. The van der Waals surface area contributed by atoms with Gasteiger partial charge < -0.3 is 0 Å². The van der Waals surface area contributed by atoms with Crippen molar-refractivity contribution in [3.8, 4) is 113 Å². The Bertz CT molecular complexity index is 3390. The lowest BCUT2D eigenvalue weighted by atomic mass is 9.95. The summed E-state index contributed by atoms with van der Waals surface area (Å²) in [4.78, 5) is 29.9. The summed E-state index contributed by atoms with van der Waals surface area (Å²) in [5, 5.41) is 0. The van der Waals surface area contributed by atoms with Gasteiger partial charge in [-0.1, -0.05) is 218 Å². The molecular formula is C60H40N6. The summed E-state index contributed by atoms with van der Waals surface area (Å²) >= 11 is 0. The lowest BCUT2D eigenvalue weighted by Crippen LogP contribution is -2.00. The Balaban J connectivity index is 0.907. The van der Waals surface area contributed by atoms with Crippen LogP contribution >= 0.6 is 0 Å². The van der Waals surface area contributed by atoms with E-state index in [1.165, 1.54) is 0 Å². The van der Waals surface area contributed by atoms with Crippen molar-refractivity contribution in [3.63, 3.8) is 0 Å². The van der Waals surface area contributed by atoms with Gasteiger partial charge in [-0.3, -0.25) is 0 Å². The van der Waals surface area contributed by atoms with Gasteiger partial charge >= 0.3 is 0 Å². The molecule has 0 saturated heterocycles. The highest BCUT2D eigenvalue weighted by atomic mass is 15.0. The SMILES string of the molecule is c1ccc(-c2ccc(-c3nc(-c4ccccc4)nc(-c4cccc(-c5cccc(-c6cccc(-c7cccc(-c8nc(-c9ccccc9)nc(-c9ccccc9)n8)c7)c6)c5)c4)n3)cc2)cc1. The molecule has 2 heterocycles. The topological polar surface area (TPSA) is 77.3 Å². The second-order valence-electron chi connectivity index (χ2n) is 16.0. The predicted octanol–water partition coefficient (Wildman–Crippen LogP) is 14.7. The van der Waals surface area contributed by atoms with Gasteiger partial charge in [0, 0.05) is 33.4 Å². The first kappa shape index (κ1) is 39.8. The fourth-order valence-electron chi connectivity index (χ4n) is 8.16. The lowest BCUT2D eigenvalue weighted by Gasteiger charge is -2.12. The Hall–Kier alpha value is -9.00. The van der Waals surface area contributed by atoms with Crippen molar-refractivity contribution in [2.75, 3.05) is 0 Å². The molecule has 0 saturated carbocycles. The van der Waals surface area contributed by atoms with Crippen LogP contribution in [0.15, 0.2) is 243 Å². The molecule has 0 radical (unpaired) electrons.